The molecule has 1 aromatic heterocycles. The Morgan fingerprint density at radius 2 is 1.81 bits per heavy atom. The van der Waals surface area contributed by atoms with Crippen LogP contribution in [0, 0.1) is 12.7 Å². The molecule has 0 aliphatic rings. The third-order valence-corrected chi connectivity index (χ3v) is 7.84. The zero-order valence-corrected chi connectivity index (χ0v) is 19.4. The zero-order valence-electron chi connectivity index (χ0n) is 17.0. The summed E-state index contributed by atoms with van der Waals surface area (Å²) in [5, 5.41) is 3.17. The van der Waals surface area contributed by atoms with Gasteiger partial charge in [-0.25, -0.2) is 17.8 Å². The van der Waals surface area contributed by atoms with Crippen LogP contribution in [0.25, 0.3) is 10.2 Å². The molecule has 4 aromatic rings. The number of nitrogens with zero attached hydrogens (tertiary/aromatic N) is 2. The van der Waals surface area contributed by atoms with E-state index in [-0.39, 0.29) is 21.2 Å². The molecule has 0 saturated heterocycles. The fourth-order valence-corrected chi connectivity index (χ4v) is 5.42. The number of sulfonamides is 1. The lowest BCUT2D eigenvalue weighted by atomic mass is 10.2. The number of hydrogen-bond donors (Lipinski definition) is 1. The first-order valence-electron chi connectivity index (χ1n) is 9.38. The van der Waals surface area contributed by atoms with E-state index in [2.05, 4.69) is 10.3 Å². The van der Waals surface area contributed by atoms with Gasteiger partial charge in [0.25, 0.3) is 15.9 Å². The molecule has 0 radical (unpaired) electrons. The molecule has 0 spiro atoms. The lowest BCUT2D eigenvalue weighted by Crippen LogP contribution is -2.27. The second-order valence-electron chi connectivity index (χ2n) is 7.03. The van der Waals surface area contributed by atoms with E-state index in [4.69, 9.17) is 11.6 Å². The first kappa shape index (κ1) is 22.2. The Kier molecular flexibility index (Phi) is 5.89. The Hall–Kier alpha value is -3.01. The molecule has 1 heterocycles. The first-order valence-corrected chi connectivity index (χ1v) is 12.0. The van der Waals surface area contributed by atoms with Gasteiger partial charge in [-0.05, 0) is 67.1 Å². The van der Waals surface area contributed by atoms with Crippen molar-refractivity contribution in [2.45, 2.75) is 11.8 Å². The summed E-state index contributed by atoms with van der Waals surface area (Å²) in [5.74, 6) is -1.05. The number of hydrogen-bond acceptors (Lipinski definition) is 5. The predicted octanol–water partition coefficient (Wildman–Crippen LogP) is 5.47. The molecule has 0 fully saturated rings. The molecule has 1 N–H and O–H groups in total. The summed E-state index contributed by atoms with van der Waals surface area (Å²) in [4.78, 5) is 17.1. The van der Waals surface area contributed by atoms with Crippen LogP contribution in [-0.2, 0) is 10.0 Å². The fraction of sp³-hybridized carbons (Fsp3) is 0.0909. The van der Waals surface area contributed by atoms with Crippen molar-refractivity contribution < 1.29 is 17.6 Å². The van der Waals surface area contributed by atoms with Crippen LogP contribution < -0.4 is 9.62 Å². The van der Waals surface area contributed by atoms with Crippen molar-refractivity contribution in [2.75, 3.05) is 16.7 Å². The number of thiazole rings is 1. The van der Waals surface area contributed by atoms with Crippen LogP contribution in [0.5, 0.6) is 0 Å². The number of benzene rings is 3. The number of fused-ring (bicyclic) bond motifs is 1. The summed E-state index contributed by atoms with van der Waals surface area (Å²) in [6, 6.07) is 14.7. The molecule has 0 bridgehead atoms. The molecule has 6 nitrogen and oxygen atoms in total. The third kappa shape index (κ3) is 4.32. The maximum Gasteiger partial charge on any atom is 0.264 e. The van der Waals surface area contributed by atoms with Crippen LogP contribution in [-0.4, -0.2) is 26.4 Å². The van der Waals surface area contributed by atoms with E-state index >= 15 is 0 Å². The normalized spacial score (nSPS) is 11.5. The van der Waals surface area contributed by atoms with Gasteiger partial charge in [-0.15, -0.1) is 0 Å². The number of carbonyl (C=O) groups is 1. The largest absolute Gasteiger partial charge is 0.298 e. The van der Waals surface area contributed by atoms with Gasteiger partial charge in [0.1, 0.15) is 5.82 Å². The second-order valence-corrected chi connectivity index (χ2v) is 10.4. The predicted molar refractivity (Wildman–Crippen MR) is 126 cm³/mol. The van der Waals surface area contributed by atoms with E-state index in [9.17, 15) is 17.6 Å². The monoisotopic (exact) mass is 489 g/mol. The average molecular weight is 490 g/mol. The van der Waals surface area contributed by atoms with Crippen LogP contribution in [0.15, 0.2) is 65.6 Å². The maximum atomic E-state index is 13.2. The smallest absolute Gasteiger partial charge is 0.264 e. The SMILES string of the molecule is Cc1ccc2nc(NC(=O)c3cc(S(=O)(=O)N(C)c4ccc(F)cc4)ccc3Cl)sc2c1. The second kappa shape index (κ2) is 8.50. The molecule has 0 saturated carbocycles. The first-order chi connectivity index (χ1) is 15.1. The van der Waals surface area contributed by atoms with E-state index in [1.807, 2.05) is 25.1 Å². The molecule has 0 atom stereocenters. The topological polar surface area (TPSA) is 79.4 Å². The molecule has 0 aliphatic carbocycles. The van der Waals surface area contributed by atoms with Crippen molar-refractivity contribution in [3.05, 3.63) is 82.6 Å². The Labute approximate surface area is 193 Å². The molecular formula is C22H17ClFN3O3S2. The maximum absolute atomic E-state index is 13.2. The highest BCUT2D eigenvalue weighted by Gasteiger charge is 2.24. The zero-order chi connectivity index (χ0) is 23.0. The van der Waals surface area contributed by atoms with Crippen LogP contribution in [0.4, 0.5) is 15.2 Å². The highest BCUT2D eigenvalue weighted by atomic mass is 35.5. The summed E-state index contributed by atoms with van der Waals surface area (Å²) in [7, 11) is -2.67. The summed E-state index contributed by atoms with van der Waals surface area (Å²) < 4.78 is 41.2. The van der Waals surface area contributed by atoms with Crippen LogP contribution in [0.1, 0.15) is 15.9 Å². The number of aromatic nitrogens is 1. The standard InChI is InChI=1S/C22H17ClFN3O3S2/c1-13-3-10-19-20(11-13)31-22(25-19)26-21(28)17-12-16(8-9-18(17)23)32(29,30)27(2)15-6-4-14(24)5-7-15/h3-12H,1-2H3,(H,25,26,28). The van der Waals surface area contributed by atoms with Crippen LogP contribution in [0.2, 0.25) is 5.02 Å². The summed E-state index contributed by atoms with van der Waals surface area (Å²) in [6.07, 6.45) is 0. The number of aryl methyl sites for hydroxylation is 1. The van der Waals surface area contributed by atoms with Gasteiger partial charge in [-0.1, -0.05) is 29.0 Å². The minimum absolute atomic E-state index is 0.00400. The van der Waals surface area contributed by atoms with Crippen molar-refractivity contribution in [1.29, 1.82) is 0 Å². The van der Waals surface area contributed by atoms with Gasteiger partial charge < -0.3 is 0 Å². The minimum atomic E-state index is -4.02. The van der Waals surface area contributed by atoms with Gasteiger partial charge in [-0.2, -0.15) is 0 Å². The molecule has 1 amide bonds. The van der Waals surface area contributed by atoms with E-state index in [0.717, 1.165) is 20.1 Å². The highest BCUT2D eigenvalue weighted by Crippen LogP contribution is 2.29. The highest BCUT2D eigenvalue weighted by molar-refractivity contribution is 7.92. The van der Waals surface area contributed by atoms with Crippen molar-refractivity contribution in [3.63, 3.8) is 0 Å². The van der Waals surface area contributed by atoms with Crippen LogP contribution >= 0.6 is 22.9 Å². The van der Waals surface area contributed by atoms with Crippen molar-refractivity contribution in [3.8, 4) is 0 Å². The summed E-state index contributed by atoms with van der Waals surface area (Å²) in [5.41, 5.74) is 2.09. The van der Waals surface area contributed by atoms with E-state index < -0.39 is 21.7 Å². The Morgan fingerprint density at radius 1 is 1.09 bits per heavy atom. The van der Waals surface area contributed by atoms with Gasteiger partial charge in [0.2, 0.25) is 0 Å². The van der Waals surface area contributed by atoms with E-state index in [0.29, 0.717) is 5.13 Å². The van der Waals surface area contributed by atoms with Gasteiger partial charge in [0, 0.05) is 7.05 Å². The number of amides is 1. The van der Waals surface area contributed by atoms with Gasteiger partial charge in [0.15, 0.2) is 5.13 Å². The Bertz CT molecular complexity index is 1440. The molecule has 32 heavy (non-hydrogen) atoms. The lowest BCUT2D eigenvalue weighted by Gasteiger charge is -2.20. The molecule has 10 heteroatoms. The Balaban J connectivity index is 1.63. The number of anilines is 2. The van der Waals surface area contributed by atoms with Gasteiger partial charge in [0.05, 0.1) is 31.4 Å². The molecular weight excluding hydrogens is 473 g/mol. The van der Waals surface area contributed by atoms with Gasteiger partial charge in [-0.3, -0.25) is 14.4 Å². The number of rotatable bonds is 5. The molecule has 0 aliphatic heterocycles. The summed E-state index contributed by atoms with van der Waals surface area (Å²) >= 11 is 7.50. The van der Waals surface area contributed by atoms with E-state index in [1.54, 1.807) is 0 Å². The quantitative estimate of drug-likeness (QED) is 0.403. The fourth-order valence-electron chi connectivity index (χ4n) is 3.04. The van der Waals surface area contributed by atoms with Crippen molar-refractivity contribution >= 4 is 59.9 Å². The van der Waals surface area contributed by atoms with Crippen molar-refractivity contribution in [1.82, 2.24) is 4.98 Å². The molecule has 0 unspecified atom stereocenters. The lowest BCUT2D eigenvalue weighted by molar-refractivity contribution is 0.102. The van der Waals surface area contributed by atoms with Crippen molar-refractivity contribution in [2.24, 2.45) is 0 Å². The number of halogens is 2. The third-order valence-electron chi connectivity index (χ3n) is 4.80. The average Bonchev–Trinajstić information content (AvgIpc) is 3.15. The molecule has 164 valence electrons. The minimum Gasteiger partial charge on any atom is -0.298 e. The van der Waals surface area contributed by atoms with E-state index in [1.165, 1.54) is 60.8 Å². The summed E-state index contributed by atoms with van der Waals surface area (Å²) in [6.45, 7) is 1.96. The Morgan fingerprint density at radius 3 is 2.53 bits per heavy atom. The number of carbonyl (C=O) groups excluding carboxylic acids is 1. The van der Waals surface area contributed by atoms with Gasteiger partial charge >= 0.3 is 0 Å². The van der Waals surface area contributed by atoms with Crippen LogP contribution in [0.3, 0.4) is 0 Å². The molecule has 4 rings (SSSR count). The molecule has 3 aromatic carbocycles. The number of nitrogens with one attached hydrogen (secondary N) is 1.